The van der Waals surface area contributed by atoms with Crippen molar-refractivity contribution in [2.75, 3.05) is 0 Å². The first kappa shape index (κ1) is 26.2. The number of rotatable bonds is 16. The van der Waals surface area contributed by atoms with Crippen LogP contribution >= 0.6 is 0 Å². The summed E-state index contributed by atoms with van der Waals surface area (Å²) in [5.41, 5.74) is 2.11. The zero-order chi connectivity index (χ0) is 21.4. The highest BCUT2D eigenvalue weighted by molar-refractivity contribution is 5.96. The summed E-state index contributed by atoms with van der Waals surface area (Å²) in [4.78, 5) is 24.4. The van der Waals surface area contributed by atoms with Crippen molar-refractivity contribution in [1.82, 2.24) is 10.6 Å². The second-order valence-corrected chi connectivity index (χ2v) is 8.06. The molecule has 0 bridgehead atoms. The van der Waals surface area contributed by atoms with Crippen LogP contribution in [0.1, 0.15) is 91.9 Å². The van der Waals surface area contributed by atoms with E-state index in [1.807, 2.05) is 13.8 Å². The highest BCUT2D eigenvalue weighted by Gasteiger charge is 2.13. The molecule has 0 aromatic carbocycles. The van der Waals surface area contributed by atoms with Gasteiger partial charge in [0.15, 0.2) is 0 Å². The van der Waals surface area contributed by atoms with Gasteiger partial charge in [-0.3, -0.25) is 9.59 Å². The van der Waals surface area contributed by atoms with Crippen LogP contribution < -0.4 is 10.6 Å². The zero-order valence-electron chi connectivity index (χ0n) is 18.6. The summed E-state index contributed by atoms with van der Waals surface area (Å²) in [6.45, 7) is 16.2. The second-order valence-electron chi connectivity index (χ2n) is 8.06. The molecule has 0 fully saturated rings. The Hall–Kier alpha value is -1.84. The Bertz CT molecular complexity index is 477. The summed E-state index contributed by atoms with van der Waals surface area (Å²) >= 11 is 0. The largest absolute Gasteiger partial charge is 0.349 e. The Morgan fingerprint density at radius 3 is 1.39 bits per heavy atom. The second kappa shape index (κ2) is 16.1. The zero-order valence-corrected chi connectivity index (χ0v) is 18.6. The number of carbonyl (C=O) groups excluding carboxylic acids is 2. The molecule has 0 aliphatic heterocycles. The fourth-order valence-electron chi connectivity index (χ4n) is 3.22. The highest BCUT2D eigenvalue weighted by atomic mass is 16.2. The summed E-state index contributed by atoms with van der Waals surface area (Å²) in [5.74, 6) is -0.444. The molecule has 0 heterocycles. The maximum absolute atomic E-state index is 12.2. The van der Waals surface area contributed by atoms with Crippen LogP contribution in [0.4, 0.5) is 0 Å². The molecule has 4 heteroatoms. The van der Waals surface area contributed by atoms with Crippen LogP contribution in [-0.2, 0) is 9.59 Å². The number of carbonyl (C=O) groups is 2. The fourth-order valence-corrected chi connectivity index (χ4v) is 3.22. The van der Waals surface area contributed by atoms with Crippen molar-refractivity contribution >= 4 is 11.8 Å². The first-order valence-electron chi connectivity index (χ1n) is 10.9. The lowest BCUT2D eigenvalue weighted by Crippen LogP contribution is -2.35. The van der Waals surface area contributed by atoms with Gasteiger partial charge in [0.1, 0.15) is 0 Å². The number of hydrogen-bond acceptors (Lipinski definition) is 2. The maximum atomic E-state index is 12.2. The summed E-state index contributed by atoms with van der Waals surface area (Å²) in [6.07, 6.45) is 12.9. The van der Waals surface area contributed by atoms with E-state index in [4.69, 9.17) is 0 Å². The lowest BCUT2D eigenvalue weighted by atomic mass is 10.0. The highest BCUT2D eigenvalue weighted by Crippen LogP contribution is 2.12. The van der Waals surface area contributed by atoms with Gasteiger partial charge in [-0.25, -0.2) is 0 Å². The number of unbranched alkanes of at least 4 members (excludes halogenated alkanes) is 4. The minimum Gasteiger partial charge on any atom is -0.349 e. The number of amides is 2. The topological polar surface area (TPSA) is 58.2 Å². The van der Waals surface area contributed by atoms with E-state index < -0.39 is 0 Å². The van der Waals surface area contributed by atoms with Gasteiger partial charge in [0.25, 0.3) is 0 Å². The van der Waals surface area contributed by atoms with Crippen LogP contribution in [-0.4, -0.2) is 23.9 Å². The van der Waals surface area contributed by atoms with Gasteiger partial charge in [-0.1, -0.05) is 63.5 Å². The Morgan fingerprint density at radius 2 is 1.11 bits per heavy atom. The molecular weight excluding hydrogens is 348 g/mol. The van der Waals surface area contributed by atoms with Gasteiger partial charge >= 0.3 is 0 Å². The van der Waals surface area contributed by atoms with Crippen molar-refractivity contribution in [3.05, 3.63) is 36.5 Å². The predicted octanol–water partition coefficient (Wildman–Crippen LogP) is 5.61. The lowest BCUT2D eigenvalue weighted by molar-refractivity contribution is -0.119. The molecule has 2 amide bonds. The lowest BCUT2D eigenvalue weighted by Gasteiger charge is -2.18. The third-order valence-corrected chi connectivity index (χ3v) is 4.58. The quantitative estimate of drug-likeness (QED) is 0.205. The molecular formula is C24H42N2O2. The maximum Gasteiger partial charge on any atom is 0.244 e. The van der Waals surface area contributed by atoms with Crippen molar-refractivity contribution in [2.45, 2.75) is 104 Å². The molecule has 160 valence electrons. The molecule has 0 radical (unpaired) electrons. The molecule has 0 rings (SSSR count). The van der Waals surface area contributed by atoms with Crippen molar-refractivity contribution < 1.29 is 9.59 Å². The molecule has 4 nitrogen and oxygen atoms in total. The summed E-state index contributed by atoms with van der Waals surface area (Å²) in [5, 5.41) is 6.02. The van der Waals surface area contributed by atoms with Gasteiger partial charge in [-0.15, -0.1) is 13.2 Å². The first-order chi connectivity index (χ1) is 13.3. The number of nitrogens with one attached hydrogen (secondary N) is 2. The smallest absolute Gasteiger partial charge is 0.244 e. The average Bonchev–Trinajstić information content (AvgIpc) is 2.59. The molecule has 0 saturated carbocycles. The van der Waals surface area contributed by atoms with E-state index in [-0.39, 0.29) is 23.9 Å². The minimum atomic E-state index is -0.222. The third-order valence-electron chi connectivity index (χ3n) is 4.58. The van der Waals surface area contributed by atoms with E-state index >= 15 is 0 Å². The van der Waals surface area contributed by atoms with E-state index in [1.54, 1.807) is 0 Å². The van der Waals surface area contributed by atoms with E-state index in [0.717, 1.165) is 75.4 Å². The van der Waals surface area contributed by atoms with Crippen LogP contribution in [0.15, 0.2) is 36.5 Å². The van der Waals surface area contributed by atoms with E-state index in [0.29, 0.717) is 0 Å². The van der Waals surface area contributed by atoms with E-state index in [9.17, 15) is 9.59 Å². The van der Waals surface area contributed by atoms with Crippen LogP contribution in [0.3, 0.4) is 0 Å². The Labute approximate surface area is 172 Å². The van der Waals surface area contributed by atoms with Crippen LogP contribution in [0.25, 0.3) is 0 Å². The molecule has 28 heavy (non-hydrogen) atoms. The summed E-state index contributed by atoms with van der Waals surface area (Å²) in [7, 11) is 0. The predicted molar refractivity (Wildman–Crippen MR) is 120 cm³/mol. The van der Waals surface area contributed by atoms with Gasteiger partial charge in [-0.2, -0.15) is 0 Å². The number of hydrogen-bond donors (Lipinski definition) is 2. The minimum absolute atomic E-state index is 0.0782. The van der Waals surface area contributed by atoms with Crippen molar-refractivity contribution in [3.8, 4) is 0 Å². The SMILES string of the molecule is C=C(C)CC(CCCCC)NC(=O)/C=C/C(=O)NC(CCCCC)CC(=C)C. The molecule has 0 saturated heterocycles. The van der Waals surface area contributed by atoms with Gasteiger partial charge in [0.05, 0.1) is 0 Å². The third kappa shape index (κ3) is 15.2. The molecule has 0 aromatic rings. The Morgan fingerprint density at radius 1 is 0.750 bits per heavy atom. The van der Waals surface area contributed by atoms with Gasteiger partial charge in [0, 0.05) is 24.2 Å². The van der Waals surface area contributed by atoms with Gasteiger partial charge < -0.3 is 10.6 Å². The van der Waals surface area contributed by atoms with Gasteiger partial charge in [0.2, 0.25) is 11.8 Å². The van der Waals surface area contributed by atoms with Crippen LogP contribution in [0.2, 0.25) is 0 Å². The van der Waals surface area contributed by atoms with Crippen molar-refractivity contribution in [1.29, 1.82) is 0 Å². The van der Waals surface area contributed by atoms with E-state index in [2.05, 4.69) is 37.6 Å². The first-order valence-corrected chi connectivity index (χ1v) is 10.9. The molecule has 0 aliphatic carbocycles. The van der Waals surface area contributed by atoms with Crippen molar-refractivity contribution in [2.24, 2.45) is 0 Å². The molecule has 0 aromatic heterocycles. The van der Waals surface area contributed by atoms with Crippen LogP contribution in [0, 0.1) is 0 Å². The molecule has 2 unspecified atom stereocenters. The summed E-state index contributed by atoms with van der Waals surface area (Å²) in [6, 6.07) is 0.156. The molecule has 0 spiro atoms. The summed E-state index contributed by atoms with van der Waals surface area (Å²) < 4.78 is 0. The van der Waals surface area contributed by atoms with E-state index in [1.165, 1.54) is 12.2 Å². The molecule has 2 atom stereocenters. The monoisotopic (exact) mass is 390 g/mol. The normalized spacial score (nSPS) is 13.1. The average molecular weight is 391 g/mol. The Kier molecular flexibility index (Phi) is 15.1. The fraction of sp³-hybridized carbons (Fsp3) is 0.667. The van der Waals surface area contributed by atoms with Gasteiger partial charge in [-0.05, 0) is 39.5 Å². The molecule has 0 aliphatic rings. The Balaban J connectivity index is 4.60. The van der Waals surface area contributed by atoms with Crippen LogP contribution in [0.5, 0.6) is 0 Å². The standard InChI is InChI=1S/C24H42N2O2/c1-7-9-11-13-21(17-19(3)4)25-23(27)15-16-24(28)26-22(18-20(5)6)14-12-10-8-2/h15-16,21-22H,3,5,7-14,17-18H2,1-2,4,6H3,(H,25,27)(H,26,28)/b16-15+. The van der Waals surface area contributed by atoms with Crippen molar-refractivity contribution in [3.63, 3.8) is 0 Å². The molecule has 2 N–H and O–H groups in total.